The molecule has 2 rings (SSSR count). The Morgan fingerprint density at radius 3 is 3.00 bits per heavy atom. The maximum atomic E-state index is 11.8. The number of aliphatic carboxylic acids is 1. The average molecular weight is 271 g/mol. The zero-order chi connectivity index (χ0) is 11.0. The number of nitrogens with one attached hydrogen (secondary N) is 1. The van der Waals surface area contributed by atoms with Gasteiger partial charge in [0.15, 0.2) is 0 Å². The Hall–Kier alpha value is -1.56. The number of carboxylic acids is 1. The quantitative estimate of drug-likeness (QED) is 0.861. The molecule has 6 heteroatoms. The highest BCUT2D eigenvalue weighted by Crippen LogP contribution is 2.19. The van der Waals surface area contributed by atoms with Crippen molar-refractivity contribution in [2.45, 2.75) is 6.54 Å². The van der Waals surface area contributed by atoms with Crippen molar-refractivity contribution in [3.8, 4) is 0 Å². The molecule has 0 aliphatic carbocycles. The number of pyridine rings is 1. The highest BCUT2D eigenvalue weighted by Gasteiger charge is 2.09. The lowest BCUT2D eigenvalue weighted by Crippen LogP contribution is -2.23. The number of carbonyl (C=O) groups is 1. The highest BCUT2D eigenvalue weighted by molar-refractivity contribution is 9.10. The SMILES string of the molecule is O=C(O)Cn1ccc2[nH]cc(Br)c2c1=O. The molecule has 0 aromatic carbocycles. The van der Waals surface area contributed by atoms with Crippen molar-refractivity contribution in [1.29, 1.82) is 0 Å². The summed E-state index contributed by atoms with van der Waals surface area (Å²) >= 11 is 3.23. The van der Waals surface area contributed by atoms with E-state index in [4.69, 9.17) is 5.11 Å². The van der Waals surface area contributed by atoms with Crippen LogP contribution in [0.2, 0.25) is 0 Å². The average Bonchev–Trinajstić information content (AvgIpc) is 2.53. The fourth-order valence-electron chi connectivity index (χ4n) is 1.41. The summed E-state index contributed by atoms with van der Waals surface area (Å²) in [4.78, 5) is 25.2. The normalized spacial score (nSPS) is 10.7. The predicted octanol–water partition coefficient (Wildman–Crippen LogP) is 1.18. The topological polar surface area (TPSA) is 75.1 Å². The van der Waals surface area contributed by atoms with Gasteiger partial charge in [0.2, 0.25) is 0 Å². The van der Waals surface area contributed by atoms with Crippen LogP contribution < -0.4 is 5.56 Å². The summed E-state index contributed by atoms with van der Waals surface area (Å²) in [5.41, 5.74) is 0.372. The van der Waals surface area contributed by atoms with E-state index >= 15 is 0 Å². The van der Waals surface area contributed by atoms with Gasteiger partial charge in [-0.2, -0.15) is 0 Å². The van der Waals surface area contributed by atoms with Gasteiger partial charge in [-0.1, -0.05) is 0 Å². The fourth-order valence-corrected chi connectivity index (χ4v) is 1.91. The molecule has 0 spiro atoms. The van der Waals surface area contributed by atoms with E-state index in [0.29, 0.717) is 15.4 Å². The van der Waals surface area contributed by atoms with Gasteiger partial charge >= 0.3 is 5.97 Å². The number of rotatable bonds is 2. The van der Waals surface area contributed by atoms with Crippen molar-refractivity contribution in [2.75, 3.05) is 0 Å². The number of H-pyrrole nitrogens is 1. The molecule has 15 heavy (non-hydrogen) atoms. The summed E-state index contributed by atoms with van der Waals surface area (Å²) in [5, 5.41) is 9.08. The molecule has 0 atom stereocenters. The Morgan fingerprint density at radius 2 is 2.33 bits per heavy atom. The predicted molar refractivity (Wildman–Crippen MR) is 57.9 cm³/mol. The molecule has 0 bridgehead atoms. The van der Waals surface area contributed by atoms with Gasteiger partial charge in [-0.25, -0.2) is 0 Å². The second kappa shape index (κ2) is 3.54. The molecule has 0 radical (unpaired) electrons. The molecular formula is C9H7BrN2O3. The van der Waals surface area contributed by atoms with Crippen molar-refractivity contribution in [1.82, 2.24) is 9.55 Å². The lowest BCUT2D eigenvalue weighted by atomic mass is 10.3. The van der Waals surface area contributed by atoms with Crippen LogP contribution in [-0.4, -0.2) is 20.6 Å². The van der Waals surface area contributed by atoms with Crippen molar-refractivity contribution >= 4 is 32.8 Å². The maximum Gasteiger partial charge on any atom is 0.323 e. The van der Waals surface area contributed by atoms with Crippen molar-refractivity contribution < 1.29 is 9.90 Å². The molecule has 0 fully saturated rings. The Morgan fingerprint density at radius 1 is 1.60 bits per heavy atom. The molecule has 78 valence electrons. The van der Waals surface area contributed by atoms with Crippen molar-refractivity contribution in [2.24, 2.45) is 0 Å². The minimum Gasteiger partial charge on any atom is -0.480 e. The second-order valence-electron chi connectivity index (χ2n) is 3.07. The first-order valence-electron chi connectivity index (χ1n) is 4.17. The van der Waals surface area contributed by atoms with E-state index in [1.807, 2.05) is 0 Å². The van der Waals surface area contributed by atoms with Crippen LogP contribution in [0.5, 0.6) is 0 Å². The number of nitrogens with zero attached hydrogens (tertiary/aromatic N) is 1. The molecule has 0 saturated heterocycles. The molecule has 0 saturated carbocycles. The molecule has 2 heterocycles. The van der Waals surface area contributed by atoms with Crippen LogP contribution in [0.15, 0.2) is 27.7 Å². The van der Waals surface area contributed by atoms with E-state index in [9.17, 15) is 9.59 Å². The summed E-state index contributed by atoms with van der Waals surface area (Å²) in [5.74, 6) is -1.04. The number of aromatic amines is 1. The molecule has 0 unspecified atom stereocenters. The fraction of sp³-hybridized carbons (Fsp3) is 0.111. The van der Waals surface area contributed by atoms with Gasteiger partial charge < -0.3 is 14.7 Å². The van der Waals surface area contributed by atoms with Crippen LogP contribution >= 0.6 is 15.9 Å². The van der Waals surface area contributed by atoms with E-state index in [0.717, 1.165) is 4.57 Å². The largest absolute Gasteiger partial charge is 0.480 e. The molecule has 2 aromatic heterocycles. The number of halogens is 1. The van der Waals surface area contributed by atoms with Crippen molar-refractivity contribution in [3.05, 3.63) is 33.3 Å². The Balaban J connectivity index is 2.69. The summed E-state index contributed by atoms with van der Waals surface area (Å²) in [6, 6.07) is 1.67. The summed E-state index contributed by atoms with van der Waals surface area (Å²) in [6.45, 7) is -0.327. The number of hydrogen-bond donors (Lipinski definition) is 2. The molecule has 5 nitrogen and oxygen atoms in total. The van der Waals surface area contributed by atoms with E-state index in [-0.39, 0.29) is 12.1 Å². The first kappa shape index (κ1) is 9.97. The smallest absolute Gasteiger partial charge is 0.323 e. The monoisotopic (exact) mass is 270 g/mol. The summed E-state index contributed by atoms with van der Waals surface area (Å²) in [7, 11) is 0. The van der Waals surface area contributed by atoms with E-state index in [1.54, 1.807) is 12.3 Å². The third-order valence-electron chi connectivity index (χ3n) is 2.06. The van der Waals surface area contributed by atoms with Crippen LogP contribution in [0.3, 0.4) is 0 Å². The number of carboxylic acid groups (broad SMARTS) is 1. The number of aromatic nitrogens is 2. The minimum absolute atomic E-state index is 0.317. The van der Waals surface area contributed by atoms with E-state index in [2.05, 4.69) is 20.9 Å². The van der Waals surface area contributed by atoms with Gasteiger partial charge in [0, 0.05) is 16.9 Å². The third-order valence-corrected chi connectivity index (χ3v) is 2.69. The van der Waals surface area contributed by atoms with Gasteiger partial charge in [-0.15, -0.1) is 0 Å². The Bertz CT molecular complexity index is 585. The maximum absolute atomic E-state index is 11.8. The highest BCUT2D eigenvalue weighted by atomic mass is 79.9. The summed E-state index contributed by atoms with van der Waals surface area (Å²) < 4.78 is 1.80. The molecule has 2 aromatic rings. The van der Waals surface area contributed by atoms with Crippen LogP contribution in [0.25, 0.3) is 10.9 Å². The lowest BCUT2D eigenvalue weighted by molar-refractivity contribution is -0.137. The molecule has 0 aliphatic heterocycles. The Kier molecular flexibility index (Phi) is 2.36. The lowest BCUT2D eigenvalue weighted by Gasteiger charge is -2.01. The van der Waals surface area contributed by atoms with Gasteiger partial charge in [0.05, 0.1) is 10.9 Å². The van der Waals surface area contributed by atoms with Gasteiger partial charge in [0.25, 0.3) is 5.56 Å². The van der Waals surface area contributed by atoms with Gasteiger partial charge in [-0.3, -0.25) is 9.59 Å². The van der Waals surface area contributed by atoms with Crippen LogP contribution in [0, 0.1) is 0 Å². The first-order valence-corrected chi connectivity index (χ1v) is 4.96. The van der Waals surface area contributed by atoms with Crippen LogP contribution in [0.1, 0.15) is 0 Å². The van der Waals surface area contributed by atoms with Crippen LogP contribution in [0.4, 0.5) is 0 Å². The molecule has 2 N–H and O–H groups in total. The number of hydrogen-bond acceptors (Lipinski definition) is 2. The van der Waals surface area contributed by atoms with E-state index < -0.39 is 5.97 Å². The van der Waals surface area contributed by atoms with Gasteiger partial charge in [-0.05, 0) is 22.0 Å². The third kappa shape index (κ3) is 1.68. The second-order valence-corrected chi connectivity index (χ2v) is 3.92. The standard InChI is InChI=1S/C9H7BrN2O3/c10-5-3-11-6-1-2-12(4-7(13)14)9(15)8(5)6/h1-3,11H,4H2,(H,13,14). The molecule has 0 amide bonds. The number of fused-ring (bicyclic) bond motifs is 1. The summed E-state index contributed by atoms with van der Waals surface area (Å²) in [6.07, 6.45) is 3.11. The first-order chi connectivity index (χ1) is 7.09. The van der Waals surface area contributed by atoms with Gasteiger partial charge in [0.1, 0.15) is 6.54 Å². The minimum atomic E-state index is -1.04. The van der Waals surface area contributed by atoms with E-state index in [1.165, 1.54) is 6.20 Å². The molecule has 0 aliphatic rings. The zero-order valence-electron chi connectivity index (χ0n) is 7.53. The Labute approximate surface area is 92.5 Å². The van der Waals surface area contributed by atoms with Crippen molar-refractivity contribution in [3.63, 3.8) is 0 Å². The molecular weight excluding hydrogens is 264 g/mol. The zero-order valence-corrected chi connectivity index (χ0v) is 9.11. The van der Waals surface area contributed by atoms with Crippen LogP contribution in [-0.2, 0) is 11.3 Å².